The van der Waals surface area contributed by atoms with Crippen LogP contribution in [-0.4, -0.2) is 63.2 Å². The molecule has 18 heavy (non-hydrogen) atoms. The van der Waals surface area contributed by atoms with Crippen LogP contribution in [0.5, 0.6) is 0 Å². The maximum atomic E-state index is 11.5. The van der Waals surface area contributed by atoms with Crippen LogP contribution < -0.4 is 5.32 Å². The molecule has 0 aromatic carbocycles. The van der Waals surface area contributed by atoms with Gasteiger partial charge in [-0.15, -0.1) is 11.8 Å². The maximum absolute atomic E-state index is 11.5. The van der Waals surface area contributed by atoms with Crippen LogP contribution >= 0.6 is 11.8 Å². The lowest BCUT2D eigenvalue weighted by Crippen LogP contribution is -2.45. The van der Waals surface area contributed by atoms with Crippen LogP contribution in [0.3, 0.4) is 0 Å². The molecule has 0 aromatic heterocycles. The van der Waals surface area contributed by atoms with Crippen molar-refractivity contribution < 1.29 is 24.6 Å². The number of nitrogens with zero attached hydrogens (tertiary/aromatic N) is 1. The van der Waals surface area contributed by atoms with E-state index in [0.29, 0.717) is 11.6 Å². The fourth-order valence-electron chi connectivity index (χ4n) is 1.45. The number of carbonyl (C=O) groups excluding carboxylic acids is 2. The van der Waals surface area contributed by atoms with Crippen LogP contribution in [0.2, 0.25) is 0 Å². The van der Waals surface area contributed by atoms with E-state index in [2.05, 4.69) is 5.32 Å². The van der Waals surface area contributed by atoms with Gasteiger partial charge < -0.3 is 20.4 Å². The molecule has 0 saturated carbocycles. The Morgan fingerprint density at radius 3 is 2.72 bits per heavy atom. The third-order valence-electron chi connectivity index (χ3n) is 2.36. The van der Waals surface area contributed by atoms with E-state index >= 15 is 0 Å². The molecule has 3 N–H and O–H groups in total. The average Bonchev–Trinajstić information content (AvgIpc) is 2.60. The van der Waals surface area contributed by atoms with Gasteiger partial charge >= 0.3 is 5.97 Å². The van der Waals surface area contributed by atoms with Gasteiger partial charge in [-0.25, -0.2) is 0 Å². The Hall–Kier alpha value is -1.28. The number of carboxylic acid groups (broad SMARTS) is 1. The number of aliphatic hydroxyl groups is 1. The number of nitrogens with one attached hydrogen (secondary N) is 1. The Labute approximate surface area is 109 Å². The Bertz CT molecular complexity index is 358. The van der Waals surface area contributed by atoms with Crippen LogP contribution in [0, 0.1) is 0 Å². The van der Waals surface area contributed by atoms with Gasteiger partial charge in [0.25, 0.3) is 0 Å². The molecule has 1 fully saturated rings. The lowest BCUT2D eigenvalue weighted by atomic mass is 10.0. The standard InChI is InChI=1S/C10H16N2O5S/c1-10(17,2-9(15)16)5-11-7(13)3-12-6-18-4-8(12)14/h17H,2-6H2,1H3,(H,11,13)(H,15,16). The zero-order valence-electron chi connectivity index (χ0n) is 10.0. The largest absolute Gasteiger partial charge is 0.481 e. The molecule has 0 aliphatic carbocycles. The van der Waals surface area contributed by atoms with Crippen molar-refractivity contribution in [2.24, 2.45) is 0 Å². The van der Waals surface area contributed by atoms with Crippen molar-refractivity contribution in [1.29, 1.82) is 0 Å². The molecule has 2 amide bonds. The van der Waals surface area contributed by atoms with Crippen LogP contribution in [0.4, 0.5) is 0 Å². The first-order valence-electron chi connectivity index (χ1n) is 5.36. The molecule has 1 unspecified atom stereocenters. The van der Waals surface area contributed by atoms with E-state index in [1.807, 2.05) is 0 Å². The average molecular weight is 276 g/mol. The first kappa shape index (κ1) is 14.8. The Kier molecular flexibility index (Phi) is 4.97. The fourth-order valence-corrected chi connectivity index (χ4v) is 2.35. The molecule has 1 aliphatic heterocycles. The number of rotatable bonds is 6. The van der Waals surface area contributed by atoms with Crippen LogP contribution in [0.1, 0.15) is 13.3 Å². The van der Waals surface area contributed by atoms with Crippen molar-refractivity contribution in [3.8, 4) is 0 Å². The number of carbonyl (C=O) groups is 3. The molecular weight excluding hydrogens is 260 g/mol. The van der Waals surface area contributed by atoms with Gasteiger partial charge in [-0.05, 0) is 6.92 Å². The number of carboxylic acids is 1. The number of aliphatic carboxylic acids is 1. The third kappa shape index (κ3) is 4.92. The van der Waals surface area contributed by atoms with Crippen LogP contribution in [-0.2, 0) is 14.4 Å². The third-order valence-corrected chi connectivity index (χ3v) is 3.30. The molecule has 102 valence electrons. The van der Waals surface area contributed by atoms with Crippen molar-refractivity contribution in [3.63, 3.8) is 0 Å². The van der Waals surface area contributed by atoms with E-state index in [1.165, 1.54) is 23.6 Å². The zero-order valence-corrected chi connectivity index (χ0v) is 10.8. The van der Waals surface area contributed by atoms with E-state index in [1.54, 1.807) is 0 Å². The van der Waals surface area contributed by atoms with Crippen molar-refractivity contribution >= 4 is 29.5 Å². The highest BCUT2D eigenvalue weighted by Crippen LogP contribution is 2.14. The summed E-state index contributed by atoms with van der Waals surface area (Å²) in [6, 6.07) is 0. The van der Waals surface area contributed by atoms with Crippen molar-refractivity contribution in [2.45, 2.75) is 18.9 Å². The van der Waals surface area contributed by atoms with E-state index < -0.39 is 23.9 Å². The second-order valence-electron chi connectivity index (χ2n) is 4.41. The summed E-state index contributed by atoms with van der Waals surface area (Å²) in [7, 11) is 0. The predicted molar refractivity (Wildman–Crippen MR) is 64.9 cm³/mol. The minimum atomic E-state index is -1.49. The molecule has 1 atom stereocenters. The lowest BCUT2D eigenvalue weighted by Gasteiger charge is -2.22. The summed E-state index contributed by atoms with van der Waals surface area (Å²) in [5.41, 5.74) is -1.49. The summed E-state index contributed by atoms with van der Waals surface area (Å²) in [5.74, 6) is -0.772. The zero-order chi connectivity index (χ0) is 13.8. The van der Waals surface area contributed by atoms with Crippen molar-refractivity contribution in [2.75, 3.05) is 24.7 Å². The molecule has 0 spiro atoms. The van der Waals surface area contributed by atoms with Crippen molar-refractivity contribution in [1.82, 2.24) is 10.2 Å². The second-order valence-corrected chi connectivity index (χ2v) is 5.37. The number of hydrogen-bond acceptors (Lipinski definition) is 5. The van der Waals surface area contributed by atoms with E-state index in [9.17, 15) is 19.5 Å². The summed E-state index contributed by atoms with van der Waals surface area (Å²) in [6.07, 6.45) is -0.453. The summed E-state index contributed by atoms with van der Waals surface area (Å²) < 4.78 is 0. The van der Waals surface area contributed by atoms with Gasteiger partial charge in [0.05, 0.1) is 23.7 Å². The summed E-state index contributed by atoms with van der Waals surface area (Å²) in [5, 5.41) is 20.6. The summed E-state index contributed by atoms with van der Waals surface area (Å²) in [4.78, 5) is 34.6. The molecule has 0 aromatic rings. The van der Waals surface area contributed by atoms with Gasteiger partial charge in [0.1, 0.15) is 6.54 Å². The first-order valence-corrected chi connectivity index (χ1v) is 6.52. The number of thioether (sulfide) groups is 1. The lowest BCUT2D eigenvalue weighted by molar-refractivity contribution is -0.142. The summed E-state index contributed by atoms with van der Waals surface area (Å²) >= 11 is 1.43. The highest BCUT2D eigenvalue weighted by molar-refractivity contribution is 8.00. The van der Waals surface area contributed by atoms with Gasteiger partial charge in [-0.3, -0.25) is 14.4 Å². The van der Waals surface area contributed by atoms with E-state index in [4.69, 9.17) is 5.11 Å². The quantitative estimate of drug-likeness (QED) is 0.566. The molecule has 7 nitrogen and oxygen atoms in total. The van der Waals surface area contributed by atoms with Crippen molar-refractivity contribution in [3.05, 3.63) is 0 Å². The molecular formula is C10H16N2O5S. The molecule has 8 heteroatoms. The molecule has 1 saturated heterocycles. The molecule has 1 heterocycles. The molecule has 0 radical (unpaired) electrons. The molecule has 1 aliphatic rings. The SMILES string of the molecule is CC(O)(CNC(=O)CN1CSCC1=O)CC(=O)O. The van der Waals surface area contributed by atoms with E-state index in [-0.39, 0.29) is 19.0 Å². The molecule has 0 bridgehead atoms. The maximum Gasteiger partial charge on any atom is 0.306 e. The van der Waals surface area contributed by atoms with Gasteiger partial charge in [0.15, 0.2) is 0 Å². The van der Waals surface area contributed by atoms with Gasteiger partial charge in [0.2, 0.25) is 11.8 Å². The fraction of sp³-hybridized carbons (Fsp3) is 0.700. The topological polar surface area (TPSA) is 107 Å². The van der Waals surface area contributed by atoms with Crippen LogP contribution in [0.15, 0.2) is 0 Å². The van der Waals surface area contributed by atoms with Crippen LogP contribution in [0.25, 0.3) is 0 Å². The minimum absolute atomic E-state index is 0.0605. The monoisotopic (exact) mass is 276 g/mol. The van der Waals surface area contributed by atoms with Gasteiger partial charge in [-0.2, -0.15) is 0 Å². The Morgan fingerprint density at radius 2 is 2.22 bits per heavy atom. The van der Waals surface area contributed by atoms with Gasteiger partial charge in [-0.1, -0.05) is 0 Å². The van der Waals surface area contributed by atoms with Gasteiger partial charge in [0, 0.05) is 6.54 Å². The Balaban J connectivity index is 2.32. The second kappa shape index (κ2) is 6.05. The predicted octanol–water partition coefficient (Wildman–Crippen LogP) is -1.14. The first-order chi connectivity index (χ1) is 8.30. The minimum Gasteiger partial charge on any atom is -0.481 e. The highest BCUT2D eigenvalue weighted by Gasteiger charge is 2.26. The number of hydrogen-bond donors (Lipinski definition) is 3. The highest BCUT2D eigenvalue weighted by atomic mass is 32.2. The Morgan fingerprint density at radius 1 is 1.56 bits per heavy atom. The molecule has 1 rings (SSSR count). The smallest absolute Gasteiger partial charge is 0.306 e. The normalized spacial score (nSPS) is 18.6. The van der Waals surface area contributed by atoms with E-state index in [0.717, 1.165) is 0 Å². The number of amides is 2. The summed E-state index contributed by atoms with van der Waals surface area (Å²) in [6.45, 7) is 1.11.